The van der Waals surface area contributed by atoms with Gasteiger partial charge < -0.3 is 9.47 Å². The Hall–Kier alpha value is -2.00. The standard InChI is InChI=1S/C15H13ClO3/c1-18-14-4-2-3-12(9-17)15(14)19-10-11-5-7-13(16)8-6-11/h2-9H,10H2,1H3. The third-order valence-corrected chi connectivity index (χ3v) is 2.90. The van der Waals surface area contributed by atoms with Crippen LogP contribution in [-0.4, -0.2) is 13.4 Å². The van der Waals surface area contributed by atoms with Crippen molar-refractivity contribution in [3.8, 4) is 11.5 Å². The molecule has 4 heteroatoms. The van der Waals surface area contributed by atoms with E-state index in [1.54, 1.807) is 37.4 Å². The smallest absolute Gasteiger partial charge is 0.172 e. The number of benzene rings is 2. The lowest BCUT2D eigenvalue weighted by Crippen LogP contribution is -2.00. The van der Waals surface area contributed by atoms with Crippen LogP contribution in [0.3, 0.4) is 0 Å². The van der Waals surface area contributed by atoms with E-state index in [0.717, 1.165) is 11.8 Å². The van der Waals surface area contributed by atoms with Gasteiger partial charge in [0.05, 0.1) is 12.7 Å². The van der Waals surface area contributed by atoms with Gasteiger partial charge in [0, 0.05) is 5.02 Å². The van der Waals surface area contributed by atoms with Crippen LogP contribution in [0.25, 0.3) is 0 Å². The summed E-state index contributed by atoms with van der Waals surface area (Å²) in [4.78, 5) is 11.0. The molecule has 0 fully saturated rings. The summed E-state index contributed by atoms with van der Waals surface area (Å²) in [7, 11) is 1.54. The second kappa shape index (κ2) is 6.25. The van der Waals surface area contributed by atoms with E-state index >= 15 is 0 Å². The number of aldehydes is 1. The minimum absolute atomic E-state index is 0.346. The molecule has 2 aromatic carbocycles. The number of carbonyl (C=O) groups is 1. The largest absolute Gasteiger partial charge is 0.493 e. The summed E-state index contributed by atoms with van der Waals surface area (Å²) >= 11 is 5.82. The summed E-state index contributed by atoms with van der Waals surface area (Å²) in [6.07, 6.45) is 0.750. The molecule has 2 rings (SSSR count). The van der Waals surface area contributed by atoms with Gasteiger partial charge in [-0.3, -0.25) is 4.79 Å². The van der Waals surface area contributed by atoms with Gasteiger partial charge in [-0.1, -0.05) is 29.8 Å². The van der Waals surface area contributed by atoms with Crippen molar-refractivity contribution in [1.29, 1.82) is 0 Å². The van der Waals surface area contributed by atoms with E-state index in [4.69, 9.17) is 21.1 Å². The Morgan fingerprint density at radius 2 is 1.89 bits per heavy atom. The number of para-hydroxylation sites is 1. The van der Waals surface area contributed by atoms with Crippen LogP contribution in [-0.2, 0) is 6.61 Å². The number of halogens is 1. The van der Waals surface area contributed by atoms with Crippen LogP contribution in [0, 0.1) is 0 Å². The van der Waals surface area contributed by atoms with Gasteiger partial charge in [0.25, 0.3) is 0 Å². The SMILES string of the molecule is COc1cccc(C=O)c1OCc1ccc(Cl)cc1. The van der Waals surface area contributed by atoms with E-state index in [-0.39, 0.29) is 0 Å². The lowest BCUT2D eigenvalue weighted by atomic mass is 10.2. The van der Waals surface area contributed by atoms with Crippen molar-refractivity contribution in [2.24, 2.45) is 0 Å². The monoisotopic (exact) mass is 276 g/mol. The average molecular weight is 277 g/mol. The quantitative estimate of drug-likeness (QED) is 0.781. The summed E-state index contributed by atoms with van der Waals surface area (Å²) in [6.45, 7) is 0.346. The minimum atomic E-state index is 0.346. The molecular formula is C15H13ClO3. The first kappa shape index (κ1) is 13.4. The Balaban J connectivity index is 2.18. The van der Waals surface area contributed by atoms with Crippen LogP contribution in [0.15, 0.2) is 42.5 Å². The molecule has 0 aliphatic heterocycles. The summed E-state index contributed by atoms with van der Waals surface area (Å²) < 4.78 is 10.9. The Kier molecular flexibility index (Phi) is 4.42. The first-order valence-corrected chi connectivity index (χ1v) is 6.12. The van der Waals surface area contributed by atoms with Crippen molar-refractivity contribution in [2.45, 2.75) is 6.61 Å². The fourth-order valence-electron chi connectivity index (χ4n) is 1.68. The second-order valence-corrected chi connectivity index (χ2v) is 4.35. The molecule has 0 aromatic heterocycles. The van der Waals surface area contributed by atoms with Gasteiger partial charge in [0.15, 0.2) is 17.8 Å². The summed E-state index contributed by atoms with van der Waals surface area (Å²) in [5.74, 6) is 0.994. The van der Waals surface area contributed by atoms with Crippen molar-refractivity contribution in [1.82, 2.24) is 0 Å². The molecule has 3 nitrogen and oxygen atoms in total. The predicted molar refractivity (Wildman–Crippen MR) is 74.2 cm³/mol. The molecule has 0 aliphatic rings. The van der Waals surface area contributed by atoms with E-state index in [1.165, 1.54) is 0 Å². The molecule has 0 unspecified atom stereocenters. The van der Waals surface area contributed by atoms with Crippen LogP contribution >= 0.6 is 11.6 Å². The fraction of sp³-hybridized carbons (Fsp3) is 0.133. The zero-order valence-corrected chi connectivity index (χ0v) is 11.2. The van der Waals surface area contributed by atoms with Crippen molar-refractivity contribution < 1.29 is 14.3 Å². The molecule has 98 valence electrons. The molecule has 0 amide bonds. The number of hydrogen-bond acceptors (Lipinski definition) is 3. The highest BCUT2D eigenvalue weighted by molar-refractivity contribution is 6.30. The number of rotatable bonds is 5. The van der Waals surface area contributed by atoms with Crippen LogP contribution in [0.5, 0.6) is 11.5 Å². The van der Waals surface area contributed by atoms with E-state index in [9.17, 15) is 4.79 Å². The van der Waals surface area contributed by atoms with Gasteiger partial charge in [-0.05, 0) is 29.8 Å². The molecule has 0 saturated carbocycles. The lowest BCUT2D eigenvalue weighted by molar-refractivity contribution is 0.111. The van der Waals surface area contributed by atoms with Crippen LogP contribution in [0.4, 0.5) is 0 Å². The normalized spacial score (nSPS) is 10.0. The number of hydrogen-bond donors (Lipinski definition) is 0. The second-order valence-electron chi connectivity index (χ2n) is 3.91. The highest BCUT2D eigenvalue weighted by atomic mass is 35.5. The predicted octanol–water partition coefficient (Wildman–Crippen LogP) is 3.74. The highest BCUT2D eigenvalue weighted by Gasteiger charge is 2.10. The molecule has 0 bridgehead atoms. The Labute approximate surface area is 116 Å². The van der Waals surface area contributed by atoms with E-state index in [2.05, 4.69) is 0 Å². The average Bonchev–Trinajstić information content (AvgIpc) is 2.46. The molecule has 0 atom stereocenters. The zero-order chi connectivity index (χ0) is 13.7. The Bertz CT molecular complexity index is 564. The number of ether oxygens (including phenoxy) is 2. The van der Waals surface area contributed by atoms with Crippen molar-refractivity contribution >= 4 is 17.9 Å². The van der Waals surface area contributed by atoms with Gasteiger partial charge >= 0.3 is 0 Å². The molecule has 19 heavy (non-hydrogen) atoms. The number of carbonyl (C=O) groups excluding carboxylic acids is 1. The van der Waals surface area contributed by atoms with Crippen molar-refractivity contribution in [2.75, 3.05) is 7.11 Å². The van der Waals surface area contributed by atoms with Crippen LogP contribution in [0.2, 0.25) is 5.02 Å². The van der Waals surface area contributed by atoms with E-state index in [0.29, 0.717) is 28.7 Å². The van der Waals surface area contributed by atoms with E-state index in [1.807, 2.05) is 12.1 Å². The summed E-state index contributed by atoms with van der Waals surface area (Å²) in [5.41, 5.74) is 1.43. The lowest BCUT2D eigenvalue weighted by Gasteiger charge is -2.12. The topological polar surface area (TPSA) is 35.5 Å². The minimum Gasteiger partial charge on any atom is -0.493 e. The van der Waals surface area contributed by atoms with Gasteiger partial charge in [-0.2, -0.15) is 0 Å². The fourth-order valence-corrected chi connectivity index (χ4v) is 1.80. The maximum atomic E-state index is 11.0. The Morgan fingerprint density at radius 1 is 1.16 bits per heavy atom. The van der Waals surface area contributed by atoms with Crippen molar-refractivity contribution in [3.05, 3.63) is 58.6 Å². The van der Waals surface area contributed by atoms with Crippen LogP contribution < -0.4 is 9.47 Å². The maximum Gasteiger partial charge on any atom is 0.172 e. The highest BCUT2D eigenvalue weighted by Crippen LogP contribution is 2.30. The molecule has 0 spiro atoms. The first-order chi connectivity index (χ1) is 9.24. The van der Waals surface area contributed by atoms with Gasteiger partial charge in [-0.15, -0.1) is 0 Å². The van der Waals surface area contributed by atoms with Gasteiger partial charge in [0.2, 0.25) is 0 Å². The third kappa shape index (κ3) is 3.26. The van der Waals surface area contributed by atoms with E-state index < -0.39 is 0 Å². The molecular weight excluding hydrogens is 264 g/mol. The number of methoxy groups -OCH3 is 1. The molecule has 0 radical (unpaired) electrons. The van der Waals surface area contributed by atoms with Crippen LogP contribution in [0.1, 0.15) is 15.9 Å². The molecule has 0 aliphatic carbocycles. The summed E-state index contributed by atoms with van der Waals surface area (Å²) in [6, 6.07) is 12.5. The van der Waals surface area contributed by atoms with Gasteiger partial charge in [-0.25, -0.2) is 0 Å². The summed E-state index contributed by atoms with van der Waals surface area (Å²) in [5, 5.41) is 0.676. The molecule has 0 saturated heterocycles. The molecule has 0 N–H and O–H groups in total. The van der Waals surface area contributed by atoms with Crippen molar-refractivity contribution in [3.63, 3.8) is 0 Å². The molecule has 2 aromatic rings. The Morgan fingerprint density at radius 3 is 2.53 bits per heavy atom. The van der Waals surface area contributed by atoms with Gasteiger partial charge in [0.1, 0.15) is 6.61 Å². The maximum absolute atomic E-state index is 11.0. The molecule has 0 heterocycles. The zero-order valence-electron chi connectivity index (χ0n) is 10.4. The first-order valence-electron chi connectivity index (χ1n) is 5.74. The third-order valence-electron chi connectivity index (χ3n) is 2.65.